The Bertz CT molecular complexity index is 418. The third-order valence-electron chi connectivity index (χ3n) is 2.62. The average Bonchev–Trinajstić information content (AvgIpc) is 2.15. The fourth-order valence-corrected chi connectivity index (χ4v) is 1.80. The second-order valence-corrected chi connectivity index (χ2v) is 4.36. The number of carbonyl (C=O) groups is 1. The Labute approximate surface area is 97.2 Å². The number of hydrogen-bond donors (Lipinski definition) is 2. The van der Waals surface area contributed by atoms with Gasteiger partial charge in [0.25, 0.3) is 5.91 Å². The van der Waals surface area contributed by atoms with Gasteiger partial charge in [-0.3, -0.25) is 4.79 Å². The van der Waals surface area contributed by atoms with E-state index in [2.05, 4.69) is 5.32 Å². The van der Waals surface area contributed by atoms with Crippen LogP contribution in [0.25, 0.3) is 0 Å². The van der Waals surface area contributed by atoms with Crippen LogP contribution in [0.15, 0.2) is 18.2 Å². The van der Waals surface area contributed by atoms with Crippen molar-refractivity contribution in [1.82, 2.24) is 5.32 Å². The fraction of sp³-hybridized carbons (Fsp3) is 0.364. The number of nitrogens with one attached hydrogen (secondary N) is 1. The van der Waals surface area contributed by atoms with Gasteiger partial charge in [0.15, 0.2) is 0 Å². The molecule has 1 aliphatic carbocycles. The first-order chi connectivity index (χ1) is 7.56. The Balaban J connectivity index is 2.03. The molecule has 16 heavy (non-hydrogen) atoms. The predicted octanol–water partition coefficient (Wildman–Crippen LogP) is 1.73. The topological polar surface area (TPSA) is 49.3 Å². The maximum Gasteiger partial charge on any atom is 0.254 e. The molecule has 0 unspecified atom stereocenters. The molecular weight excluding hydrogens is 233 g/mol. The van der Waals surface area contributed by atoms with E-state index < -0.39 is 11.7 Å². The summed E-state index contributed by atoms with van der Waals surface area (Å²) in [6.45, 7) is 0. The second-order valence-electron chi connectivity index (χ2n) is 3.92. The molecule has 0 bridgehead atoms. The van der Waals surface area contributed by atoms with E-state index in [1.165, 1.54) is 12.1 Å². The van der Waals surface area contributed by atoms with E-state index in [0.29, 0.717) is 12.8 Å². The van der Waals surface area contributed by atoms with Gasteiger partial charge in [0, 0.05) is 11.1 Å². The number of amides is 1. The molecule has 0 aliphatic heterocycles. The van der Waals surface area contributed by atoms with E-state index in [4.69, 9.17) is 16.7 Å². The maximum absolute atomic E-state index is 13.4. The van der Waals surface area contributed by atoms with E-state index in [1.807, 2.05) is 0 Å². The van der Waals surface area contributed by atoms with Crippen molar-refractivity contribution in [2.75, 3.05) is 0 Å². The first-order valence-electron chi connectivity index (χ1n) is 5.00. The largest absolute Gasteiger partial charge is 0.393 e. The Hall–Kier alpha value is -1.13. The minimum Gasteiger partial charge on any atom is -0.393 e. The van der Waals surface area contributed by atoms with Gasteiger partial charge in [0.1, 0.15) is 5.82 Å². The van der Waals surface area contributed by atoms with Crippen LogP contribution in [0.1, 0.15) is 23.2 Å². The molecule has 2 rings (SSSR count). The molecule has 1 aliphatic rings. The molecule has 0 spiro atoms. The first-order valence-corrected chi connectivity index (χ1v) is 5.38. The van der Waals surface area contributed by atoms with Crippen molar-refractivity contribution >= 4 is 17.5 Å². The van der Waals surface area contributed by atoms with Crippen LogP contribution >= 0.6 is 11.6 Å². The Morgan fingerprint density at radius 3 is 2.75 bits per heavy atom. The van der Waals surface area contributed by atoms with E-state index in [0.717, 1.165) is 6.07 Å². The summed E-state index contributed by atoms with van der Waals surface area (Å²) in [5.41, 5.74) is -0.0224. The number of carbonyl (C=O) groups excluding carboxylic acids is 1. The number of aliphatic hydroxyl groups is 1. The summed E-state index contributed by atoms with van der Waals surface area (Å²) in [5.74, 6) is -1.10. The second kappa shape index (κ2) is 4.39. The standard InChI is InChI=1S/C11H11ClFNO2/c12-6-1-2-9(10(13)3-6)11(16)14-7-4-8(15)5-7/h1-3,7-8,15H,4-5H2,(H,14,16). The maximum atomic E-state index is 13.4. The minimum absolute atomic E-state index is 0.0224. The molecular formula is C11H11ClFNO2. The van der Waals surface area contributed by atoms with Crippen LogP contribution in [-0.4, -0.2) is 23.2 Å². The molecule has 0 saturated heterocycles. The van der Waals surface area contributed by atoms with E-state index in [9.17, 15) is 9.18 Å². The Morgan fingerprint density at radius 1 is 1.50 bits per heavy atom. The van der Waals surface area contributed by atoms with Crippen molar-refractivity contribution in [2.45, 2.75) is 25.0 Å². The number of halogens is 2. The highest BCUT2D eigenvalue weighted by Gasteiger charge is 2.29. The van der Waals surface area contributed by atoms with Gasteiger partial charge in [-0.25, -0.2) is 4.39 Å². The van der Waals surface area contributed by atoms with Crippen molar-refractivity contribution in [1.29, 1.82) is 0 Å². The lowest BCUT2D eigenvalue weighted by atomic mass is 9.89. The van der Waals surface area contributed by atoms with Crippen LogP contribution < -0.4 is 5.32 Å². The molecule has 1 aromatic rings. The van der Waals surface area contributed by atoms with Crippen LogP contribution in [-0.2, 0) is 0 Å². The first kappa shape index (κ1) is 11.4. The number of rotatable bonds is 2. The van der Waals surface area contributed by atoms with Gasteiger partial charge in [0.05, 0.1) is 11.7 Å². The van der Waals surface area contributed by atoms with Gasteiger partial charge in [-0.2, -0.15) is 0 Å². The molecule has 3 nitrogen and oxygen atoms in total. The summed E-state index contributed by atoms with van der Waals surface area (Å²) in [6.07, 6.45) is 0.711. The molecule has 0 aromatic heterocycles. The third-order valence-corrected chi connectivity index (χ3v) is 2.86. The summed E-state index contributed by atoms with van der Waals surface area (Å²) >= 11 is 5.58. The van der Waals surface area contributed by atoms with Crippen molar-refractivity contribution in [3.8, 4) is 0 Å². The van der Waals surface area contributed by atoms with Crippen molar-refractivity contribution in [3.05, 3.63) is 34.6 Å². The summed E-state index contributed by atoms with van der Waals surface area (Å²) in [4.78, 5) is 11.6. The highest BCUT2D eigenvalue weighted by molar-refractivity contribution is 6.30. The average molecular weight is 244 g/mol. The van der Waals surface area contributed by atoms with Gasteiger partial charge in [0.2, 0.25) is 0 Å². The van der Waals surface area contributed by atoms with Gasteiger partial charge < -0.3 is 10.4 Å². The lowest BCUT2D eigenvalue weighted by Crippen LogP contribution is -2.46. The Morgan fingerprint density at radius 2 is 2.19 bits per heavy atom. The number of benzene rings is 1. The summed E-state index contributed by atoms with van der Waals surface area (Å²) in [6, 6.07) is 3.86. The zero-order valence-corrected chi connectivity index (χ0v) is 9.17. The van der Waals surface area contributed by atoms with Crippen LogP contribution in [0.5, 0.6) is 0 Å². The van der Waals surface area contributed by atoms with Gasteiger partial charge in [-0.1, -0.05) is 11.6 Å². The molecule has 1 aromatic carbocycles. The monoisotopic (exact) mass is 243 g/mol. The zero-order chi connectivity index (χ0) is 11.7. The third kappa shape index (κ3) is 2.33. The normalized spacial score (nSPS) is 23.7. The van der Waals surface area contributed by atoms with Gasteiger partial charge in [-0.15, -0.1) is 0 Å². The molecule has 5 heteroatoms. The molecule has 0 radical (unpaired) electrons. The van der Waals surface area contributed by atoms with Gasteiger partial charge >= 0.3 is 0 Å². The zero-order valence-electron chi connectivity index (χ0n) is 8.41. The van der Waals surface area contributed by atoms with E-state index >= 15 is 0 Å². The van der Waals surface area contributed by atoms with Crippen LogP contribution in [0.4, 0.5) is 4.39 Å². The summed E-state index contributed by atoms with van der Waals surface area (Å²) in [5, 5.41) is 11.9. The molecule has 1 saturated carbocycles. The smallest absolute Gasteiger partial charge is 0.254 e. The summed E-state index contributed by atoms with van der Waals surface area (Å²) in [7, 11) is 0. The highest BCUT2D eigenvalue weighted by atomic mass is 35.5. The minimum atomic E-state index is -0.634. The van der Waals surface area contributed by atoms with Crippen molar-refractivity contribution < 1.29 is 14.3 Å². The molecule has 0 heterocycles. The van der Waals surface area contributed by atoms with Crippen molar-refractivity contribution in [3.63, 3.8) is 0 Å². The SMILES string of the molecule is O=C(NC1CC(O)C1)c1ccc(Cl)cc1F. The van der Waals surface area contributed by atoms with E-state index in [1.54, 1.807) is 0 Å². The van der Waals surface area contributed by atoms with Crippen LogP contribution in [0.2, 0.25) is 5.02 Å². The predicted molar refractivity (Wildman–Crippen MR) is 57.9 cm³/mol. The fourth-order valence-electron chi connectivity index (χ4n) is 1.64. The Kier molecular flexibility index (Phi) is 3.12. The van der Waals surface area contributed by atoms with Gasteiger partial charge in [-0.05, 0) is 31.0 Å². The highest BCUT2D eigenvalue weighted by Crippen LogP contribution is 2.20. The number of hydrogen-bond acceptors (Lipinski definition) is 2. The molecule has 2 N–H and O–H groups in total. The van der Waals surface area contributed by atoms with Crippen LogP contribution in [0.3, 0.4) is 0 Å². The van der Waals surface area contributed by atoms with Crippen LogP contribution in [0, 0.1) is 5.82 Å². The molecule has 1 fully saturated rings. The lowest BCUT2D eigenvalue weighted by Gasteiger charge is -2.31. The van der Waals surface area contributed by atoms with Crippen molar-refractivity contribution in [2.24, 2.45) is 0 Å². The lowest BCUT2D eigenvalue weighted by molar-refractivity contribution is 0.0561. The molecule has 86 valence electrons. The number of aliphatic hydroxyl groups excluding tert-OH is 1. The quantitative estimate of drug-likeness (QED) is 0.831. The van der Waals surface area contributed by atoms with E-state index in [-0.39, 0.29) is 22.7 Å². The summed E-state index contributed by atoms with van der Waals surface area (Å²) < 4.78 is 13.4. The molecule has 1 amide bonds. The molecule has 0 atom stereocenters.